The minimum absolute atomic E-state index is 0.134. The van der Waals surface area contributed by atoms with Gasteiger partial charge in [0.15, 0.2) is 0 Å². The van der Waals surface area contributed by atoms with Gasteiger partial charge in [0, 0.05) is 23.5 Å². The maximum absolute atomic E-state index is 13.3. The monoisotopic (exact) mass is 517 g/mol. The van der Waals surface area contributed by atoms with Crippen LogP contribution in [-0.2, 0) is 14.3 Å². The van der Waals surface area contributed by atoms with Crippen molar-refractivity contribution in [1.82, 2.24) is 0 Å². The van der Waals surface area contributed by atoms with Crippen LogP contribution in [0, 0.1) is 6.92 Å². The van der Waals surface area contributed by atoms with Crippen molar-refractivity contribution in [3.05, 3.63) is 100 Å². The van der Waals surface area contributed by atoms with E-state index in [2.05, 4.69) is 5.32 Å². The minimum atomic E-state index is -0.736. The molecule has 0 saturated heterocycles. The van der Waals surface area contributed by atoms with Crippen molar-refractivity contribution in [2.45, 2.75) is 13.8 Å². The van der Waals surface area contributed by atoms with Crippen molar-refractivity contribution in [2.24, 2.45) is 0 Å². The van der Waals surface area contributed by atoms with Crippen molar-refractivity contribution in [3.63, 3.8) is 0 Å². The summed E-state index contributed by atoms with van der Waals surface area (Å²) in [5.41, 5.74) is 2.83. The maximum atomic E-state index is 13.3. The molecule has 1 aliphatic rings. The molecule has 0 fully saturated rings. The number of amides is 3. The fourth-order valence-electron chi connectivity index (χ4n) is 4.01. The number of nitrogens with one attached hydrogen (secondary N) is 1. The van der Waals surface area contributed by atoms with Crippen molar-refractivity contribution >= 4 is 52.4 Å². The molecule has 9 heteroatoms. The lowest BCUT2D eigenvalue weighted by Gasteiger charge is -2.22. The van der Waals surface area contributed by atoms with Crippen LogP contribution >= 0.6 is 11.6 Å². The van der Waals surface area contributed by atoms with Crippen molar-refractivity contribution in [2.75, 3.05) is 28.8 Å². The Bertz CT molecular complexity index is 1450. The van der Waals surface area contributed by atoms with E-state index in [1.807, 2.05) is 38.1 Å². The number of halogens is 1. The second-order valence-corrected chi connectivity index (χ2v) is 8.65. The number of benzene rings is 3. The van der Waals surface area contributed by atoms with Gasteiger partial charge in [0.2, 0.25) is 0 Å². The van der Waals surface area contributed by atoms with Crippen LogP contribution in [0.25, 0.3) is 0 Å². The Hall–Kier alpha value is -4.43. The number of imide groups is 1. The number of ether oxygens (including phenoxy) is 1. The molecule has 3 aromatic rings. The molecule has 188 valence electrons. The Morgan fingerprint density at radius 2 is 1.65 bits per heavy atom. The number of rotatable bonds is 7. The molecular weight excluding hydrogens is 494 g/mol. The highest BCUT2D eigenvalue weighted by Gasteiger charge is 2.39. The molecule has 0 bridgehead atoms. The van der Waals surface area contributed by atoms with E-state index in [-0.39, 0.29) is 27.9 Å². The molecule has 1 aliphatic heterocycles. The van der Waals surface area contributed by atoms with E-state index >= 15 is 0 Å². The summed E-state index contributed by atoms with van der Waals surface area (Å²) in [6.45, 7) is 4.31. The molecule has 0 aromatic heterocycles. The minimum Gasteiger partial charge on any atom is -0.465 e. The predicted octanol–water partition coefficient (Wildman–Crippen LogP) is 4.88. The Balaban J connectivity index is 1.58. The molecule has 4 rings (SSSR count). The summed E-state index contributed by atoms with van der Waals surface area (Å²) in [7, 11) is 1.24. The third-order valence-corrected chi connectivity index (χ3v) is 6.16. The Morgan fingerprint density at radius 1 is 0.946 bits per heavy atom. The second kappa shape index (κ2) is 10.7. The van der Waals surface area contributed by atoms with Crippen molar-refractivity contribution in [3.8, 4) is 0 Å². The smallest absolute Gasteiger partial charge is 0.337 e. The number of carbonyl (C=O) groups excluding carboxylic acids is 4. The second-order valence-electron chi connectivity index (χ2n) is 8.27. The zero-order chi connectivity index (χ0) is 26.7. The fourth-order valence-corrected chi connectivity index (χ4v) is 4.22. The van der Waals surface area contributed by atoms with Gasteiger partial charge in [-0.1, -0.05) is 35.9 Å². The first kappa shape index (κ1) is 25.7. The molecule has 3 amide bonds. The molecule has 37 heavy (non-hydrogen) atoms. The first-order chi connectivity index (χ1) is 17.7. The van der Waals surface area contributed by atoms with Gasteiger partial charge in [-0.3, -0.25) is 14.4 Å². The van der Waals surface area contributed by atoms with Crippen molar-refractivity contribution < 1.29 is 23.9 Å². The normalized spacial score (nSPS) is 13.1. The van der Waals surface area contributed by atoms with E-state index < -0.39 is 17.8 Å². The van der Waals surface area contributed by atoms with E-state index in [1.165, 1.54) is 31.4 Å². The average Bonchev–Trinajstić information content (AvgIpc) is 3.11. The Labute approximate surface area is 219 Å². The number of hydrogen-bond donors (Lipinski definition) is 1. The van der Waals surface area contributed by atoms with Crippen LogP contribution < -0.4 is 15.1 Å². The molecule has 0 aliphatic carbocycles. The van der Waals surface area contributed by atoms with Gasteiger partial charge in [-0.05, 0) is 67.9 Å². The SMILES string of the molecule is CCN(C(=O)c1cccc(NC2=C(Cl)C(=O)N(c3cccc(C(=O)OC)c3)C2=O)c1)c1cccc(C)c1. The first-order valence-electron chi connectivity index (χ1n) is 11.5. The number of aryl methyl sites for hydroxylation is 1. The van der Waals surface area contributed by atoms with Crippen LogP contribution in [0.3, 0.4) is 0 Å². The third-order valence-electron chi connectivity index (χ3n) is 5.81. The molecule has 0 unspecified atom stereocenters. The number of methoxy groups -OCH3 is 1. The van der Waals surface area contributed by atoms with Crippen LogP contribution in [0.1, 0.15) is 33.2 Å². The first-order valence-corrected chi connectivity index (χ1v) is 11.9. The number of carbonyl (C=O) groups is 4. The summed E-state index contributed by atoms with van der Waals surface area (Å²) in [5, 5.41) is 2.59. The predicted molar refractivity (Wildman–Crippen MR) is 142 cm³/mol. The van der Waals surface area contributed by atoms with Gasteiger partial charge in [-0.2, -0.15) is 0 Å². The van der Waals surface area contributed by atoms with E-state index in [0.29, 0.717) is 17.8 Å². The maximum Gasteiger partial charge on any atom is 0.337 e. The molecule has 1 N–H and O–H groups in total. The number of hydrogen-bond acceptors (Lipinski definition) is 6. The van der Waals surface area contributed by atoms with Gasteiger partial charge in [-0.15, -0.1) is 0 Å². The highest BCUT2D eigenvalue weighted by Crippen LogP contribution is 2.31. The van der Waals surface area contributed by atoms with Gasteiger partial charge < -0.3 is 15.0 Å². The average molecular weight is 518 g/mol. The van der Waals surface area contributed by atoms with Gasteiger partial charge >= 0.3 is 5.97 Å². The summed E-state index contributed by atoms with van der Waals surface area (Å²) in [5.74, 6) is -2.25. The topological polar surface area (TPSA) is 96.0 Å². The Morgan fingerprint density at radius 3 is 2.35 bits per heavy atom. The van der Waals surface area contributed by atoms with Gasteiger partial charge in [-0.25, -0.2) is 9.69 Å². The van der Waals surface area contributed by atoms with Gasteiger partial charge in [0.25, 0.3) is 17.7 Å². The molecule has 0 saturated carbocycles. The molecular formula is C28H24ClN3O5. The van der Waals surface area contributed by atoms with E-state index in [1.54, 1.807) is 29.2 Å². The Kier molecular flexibility index (Phi) is 7.40. The van der Waals surface area contributed by atoms with E-state index in [4.69, 9.17) is 16.3 Å². The van der Waals surface area contributed by atoms with Crippen LogP contribution in [0.2, 0.25) is 0 Å². The summed E-state index contributed by atoms with van der Waals surface area (Å²) in [4.78, 5) is 53.7. The summed E-state index contributed by atoms with van der Waals surface area (Å²) >= 11 is 6.26. The lowest BCUT2D eigenvalue weighted by Crippen LogP contribution is -2.32. The highest BCUT2D eigenvalue weighted by atomic mass is 35.5. The number of esters is 1. The van der Waals surface area contributed by atoms with Crippen LogP contribution in [-0.4, -0.2) is 37.3 Å². The lowest BCUT2D eigenvalue weighted by molar-refractivity contribution is -0.120. The number of anilines is 3. The summed E-state index contributed by atoms with van der Waals surface area (Å²) < 4.78 is 4.71. The van der Waals surface area contributed by atoms with Gasteiger partial charge in [0.1, 0.15) is 10.7 Å². The van der Waals surface area contributed by atoms with Crippen LogP contribution in [0.5, 0.6) is 0 Å². The molecule has 0 spiro atoms. The number of nitrogens with zero attached hydrogens (tertiary/aromatic N) is 2. The fraction of sp³-hybridized carbons (Fsp3) is 0.143. The largest absolute Gasteiger partial charge is 0.465 e. The molecule has 0 radical (unpaired) electrons. The lowest BCUT2D eigenvalue weighted by atomic mass is 10.1. The molecule has 1 heterocycles. The molecule has 8 nitrogen and oxygen atoms in total. The van der Waals surface area contributed by atoms with Crippen LogP contribution in [0.4, 0.5) is 17.1 Å². The van der Waals surface area contributed by atoms with Gasteiger partial charge in [0.05, 0.1) is 18.4 Å². The highest BCUT2D eigenvalue weighted by molar-refractivity contribution is 6.53. The van der Waals surface area contributed by atoms with Crippen molar-refractivity contribution in [1.29, 1.82) is 0 Å². The molecule has 3 aromatic carbocycles. The molecule has 0 atom stereocenters. The zero-order valence-corrected chi connectivity index (χ0v) is 21.2. The summed E-state index contributed by atoms with van der Waals surface area (Å²) in [6, 6.07) is 20.2. The van der Waals surface area contributed by atoms with E-state index in [0.717, 1.165) is 16.2 Å². The van der Waals surface area contributed by atoms with E-state index in [9.17, 15) is 19.2 Å². The van der Waals surface area contributed by atoms with Crippen LogP contribution in [0.15, 0.2) is 83.5 Å². The quantitative estimate of drug-likeness (QED) is 0.354. The standard InChI is InChI=1S/C28H24ClN3O5/c1-4-31(21-12-5-8-17(2)14-21)25(33)18-9-6-11-20(15-18)30-24-23(29)26(34)32(27(24)35)22-13-7-10-19(16-22)28(36)37-3/h5-16,30H,4H2,1-3H3. The zero-order valence-electron chi connectivity index (χ0n) is 20.4. The summed E-state index contributed by atoms with van der Waals surface area (Å²) in [6.07, 6.45) is 0. The third kappa shape index (κ3) is 5.10.